The third-order valence-corrected chi connectivity index (χ3v) is 6.32. The summed E-state index contributed by atoms with van der Waals surface area (Å²) in [6.07, 6.45) is 6.69. The van der Waals surface area contributed by atoms with Crippen LogP contribution in [-0.4, -0.2) is 35.0 Å². The number of aromatic nitrogens is 1. The predicted octanol–water partition coefficient (Wildman–Crippen LogP) is 4.53. The minimum Gasteiger partial charge on any atom is -0.487 e. The van der Waals surface area contributed by atoms with E-state index in [9.17, 15) is 4.79 Å². The minimum atomic E-state index is -0.0980. The first-order valence-electron chi connectivity index (χ1n) is 10.0. The number of amides is 1. The van der Waals surface area contributed by atoms with Gasteiger partial charge in [-0.1, -0.05) is 12.1 Å². The molecule has 1 amide bonds. The van der Waals surface area contributed by atoms with E-state index in [0.717, 1.165) is 56.4 Å². The molecule has 3 heterocycles. The number of fused-ring (bicyclic) bond motifs is 2. The van der Waals surface area contributed by atoms with Gasteiger partial charge in [0.05, 0.1) is 5.52 Å². The van der Waals surface area contributed by atoms with Crippen LogP contribution < -0.4 is 4.74 Å². The number of pyridine rings is 1. The lowest BCUT2D eigenvalue weighted by molar-refractivity contribution is -0.121. The van der Waals surface area contributed by atoms with E-state index in [4.69, 9.17) is 4.74 Å². The summed E-state index contributed by atoms with van der Waals surface area (Å²) < 4.78 is 6.49. The molecular formula is C24H24N2O2. The molecule has 0 atom stereocenters. The maximum absolute atomic E-state index is 11.0. The molecular weight excluding hydrogens is 348 g/mol. The van der Waals surface area contributed by atoms with E-state index >= 15 is 0 Å². The number of hydrogen-bond donors (Lipinski definition) is 0. The van der Waals surface area contributed by atoms with Crippen LogP contribution in [0.3, 0.4) is 0 Å². The average Bonchev–Trinajstić information content (AvgIpc) is 2.74. The molecule has 2 aliphatic heterocycles. The summed E-state index contributed by atoms with van der Waals surface area (Å²) in [7, 11) is 0. The second-order valence-corrected chi connectivity index (χ2v) is 8.12. The molecule has 3 aromatic rings. The van der Waals surface area contributed by atoms with Gasteiger partial charge < -0.3 is 9.64 Å². The van der Waals surface area contributed by atoms with E-state index in [2.05, 4.69) is 48.3 Å². The Hall–Kier alpha value is -2.88. The largest absolute Gasteiger partial charge is 0.487 e. The zero-order chi connectivity index (χ0) is 19.1. The molecule has 0 unspecified atom stereocenters. The van der Waals surface area contributed by atoms with Gasteiger partial charge in [-0.15, -0.1) is 0 Å². The fraction of sp³-hybridized carbons (Fsp3) is 0.333. The molecule has 0 bridgehead atoms. The van der Waals surface area contributed by atoms with Gasteiger partial charge in [-0.3, -0.25) is 9.78 Å². The van der Waals surface area contributed by atoms with Crippen molar-refractivity contribution >= 4 is 17.3 Å². The van der Waals surface area contributed by atoms with Crippen LogP contribution in [0, 0.1) is 6.92 Å². The van der Waals surface area contributed by atoms with Crippen molar-refractivity contribution in [2.75, 3.05) is 13.1 Å². The van der Waals surface area contributed by atoms with Crippen LogP contribution in [0.15, 0.2) is 48.7 Å². The Morgan fingerprint density at radius 1 is 1.07 bits per heavy atom. The molecule has 142 valence electrons. The number of carbonyl (C=O) groups is 1. The van der Waals surface area contributed by atoms with Crippen molar-refractivity contribution in [2.45, 2.75) is 38.2 Å². The number of ether oxygens (including phenoxy) is 1. The van der Waals surface area contributed by atoms with Crippen LogP contribution >= 0.6 is 0 Å². The second-order valence-electron chi connectivity index (χ2n) is 8.12. The monoisotopic (exact) mass is 372 g/mol. The molecule has 1 fully saturated rings. The third-order valence-electron chi connectivity index (χ3n) is 6.32. The molecule has 0 radical (unpaired) electrons. The lowest BCUT2D eigenvalue weighted by Crippen LogP contribution is -2.49. The summed E-state index contributed by atoms with van der Waals surface area (Å²) >= 11 is 0. The van der Waals surface area contributed by atoms with Crippen LogP contribution in [0.2, 0.25) is 0 Å². The smallest absolute Gasteiger partial charge is 0.209 e. The lowest BCUT2D eigenvalue weighted by atomic mass is 9.82. The molecule has 1 saturated heterocycles. The number of aryl methyl sites for hydroxylation is 2. The fourth-order valence-corrected chi connectivity index (χ4v) is 4.63. The maximum Gasteiger partial charge on any atom is 0.209 e. The number of piperidine rings is 1. The normalized spacial score (nSPS) is 18.0. The Morgan fingerprint density at radius 2 is 1.93 bits per heavy atom. The van der Waals surface area contributed by atoms with E-state index in [1.54, 1.807) is 0 Å². The molecule has 4 nitrogen and oxygen atoms in total. The molecule has 1 spiro atoms. The van der Waals surface area contributed by atoms with Crippen LogP contribution in [0.5, 0.6) is 5.75 Å². The molecule has 1 aromatic heterocycles. The molecule has 0 saturated carbocycles. The van der Waals surface area contributed by atoms with E-state index in [0.29, 0.717) is 0 Å². The minimum absolute atomic E-state index is 0.0980. The highest BCUT2D eigenvalue weighted by molar-refractivity contribution is 5.87. The average molecular weight is 372 g/mol. The molecule has 28 heavy (non-hydrogen) atoms. The summed E-state index contributed by atoms with van der Waals surface area (Å²) in [5.74, 6) is 1.01. The number of carbonyl (C=O) groups excluding carboxylic acids is 1. The van der Waals surface area contributed by atoms with E-state index in [1.165, 1.54) is 27.6 Å². The van der Waals surface area contributed by atoms with Crippen molar-refractivity contribution in [1.82, 2.24) is 9.88 Å². The van der Waals surface area contributed by atoms with Crippen molar-refractivity contribution in [3.63, 3.8) is 0 Å². The highest BCUT2D eigenvalue weighted by Crippen LogP contribution is 2.41. The van der Waals surface area contributed by atoms with Crippen LogP contribution in [-0.2, 0) is 11.2 Å². The standard InChI is InChI=1S/C24H24N2O2/c1-17-13-21(15-20-3-2-10-25-23(17)20)18-4-5-22-19(14-18)6-7-24(28-22)8-11-26(16-27)12-9-24/h2-5,10,13-16H,6-9,11-12H2,1H3. The fourth-order valence-electron chi connectivity index (χ4n) is 4.63. The summed E-state index contributed by atoms with van der Waals surface area (Å²) in [5.41, 5.74) is 5.89. The van der Waals surface area contributed by atoms with Crippen LogP contribution in [0.1, 0.15) is 30.4 Å². The van der Waals surface area contributed by atoms with Gasteiger partial charge >= 0.3 is 0 Å². The predicted molar refractivity (Wildman–Crippen MR) is 110 cm³/mol. The molecule has 5 rings (SSSR count). The van der Waals surface area contributed by atoms with Crippen molar-refractivity contribution in [3.8, 4) is 16.9 Å². The van der Waals surface area contributed by atoms with Gasteiger partial charge in [0, 0.05) is 37.5 Å². The maximum atomic E-state index is 11.0. The SMILES string of the molecule is Cc1cc(-c2ccc3c(c2)CCC2(CCN(C=O)CC2)O3)cc2cccnc12. The Labute approximate surface area is 165 Å². The zero-order valence-corrected chi connectivity index (χ0v) is 16.1. The number of likely N-dealkylation sites (tertiary alicyclic amines) is 1. The van der Waals surface area contributed by atoms with E-state index in [1.807, 2.05) is 17.2 Å². The molecule has 4 heteroatoms. The highest BCUT2D eigenvalue weighted by Gasteiger charge is 2.39. The second kappa shape index (κ2) is 6.62. The number of nitrogens with zero attached hydrogens (tertiary/aromatic N) is 2. The van der Waals surface area contributed by atoms with Gasteiger partial charge in [0.1, 0.15) is 11.4 Å². The van der Waals surface area contributed by atoms with Gasteiger partial charge in [0.2, 0.25) is 6.41 Å². The van der Waals surface area contributed by atoms with Crippen LogP contribution in [0.4, 0.5) is 0 Å². The summed E-state index contributed by atoms with van der Waals surface area (Å²) in [4.78, 5) is 17.3. The van der Waals surface area contributed by atoms with Gasteiger partial charge in [-0.2, -0.15) is 0 Å². The molecule has 2 aromatic carbocycles. The quantitative estimate of drug-likeness (QED) is 0.621. The van der Waals surface area contributed by atoms with E-state index in [-0.39, 0.29) is 5.60 Å². The van der Waals surface area contributed by atoms with Crippen molar-refractivity contribution in [3.05, 3.63) is 59.8 Å². The number of rotatable bonds is 2. The highest BCUT2D eigenvalue weighted by atomic mass is 16.5. The molecule has 0 N–H and O–H groups in total. The Kier molecular flexibility index (Phi) is 4.08. The lowest BCUT2D eigenvalue weighted by Gasteiger charge is -2.43. The van der Waals surface area contributed by atoms with Gasteiger partial charge in [0.15, 0.2) is 0 Å². The summed E-state index contributed by atoms with van der Waals surface area (Å²) in [6.45, 7) is 3.71. The summed E-state index contributed by atoms with van der Waals surface area (Å²) in [5, 5.41) is 1.17. The van der Waals surface area contributed by atoms with Crippen LogP contribution in [0.25, 0.3) is 22.0 Å². The van der Waals surface area contributed by atoms with E-state index < -0.39 is 0 Å². The van der Waals surface area contributed by atoms with Crippen molar-refractivity contribution in [1.29, 1.82) is 0 Å². The van der Waals surface area contributed by atoms with Gasteiger partial charge in [0.25, 0.3) is 0 Å². The first-order valence-corrected chi connectivity index (χ1v) is 10.0. The number of benzene rings is 2. The Bertz CT molecular complexity index is 1050. The van der Waals surface area contributed by atoms with Crippen molar-refractivity contribution in [2.24, 2.45) is 0 Å². The van der Waals surface area contributed by atoms with Crippen molar-refractivity contribution < 1.29 is 9.53 Å². The Balaban J connectivity index is 1.44. The molecule has 2 aliphatic rings. The first kappa shape index (κ1) is 17.2. The van der Waals surface area contributed by atoms with Gasteiger partial charge in [-0.25, -0.2) is 0 Å². The topological polar surface area (TPSA) is 42.4 Å². The zero-order valence-electron chi connectivity index (χ0n) is 16.1. The van der Waals surface area contributed by atoms with Gasteiger partial charge in [-0.05, 0) is 72.4 Å². The molecule has 0 aliphatic carbocycles. The summed E-state index contributed by atoms with van der Waals surface area (Å²) in [6, 6.07) is 15.1. The first-order chi connectivity index (χ1) is 13.7. The third kappa shape index (κ3) is 2.93. The number of hydrogen-bond acceptors (Lipinski definition) is 3. The Morgan fingerprint density at radius 3 is 2.75 bits per heavy atom.